The Kier molecular flexibility index (Phi) is 7.16. The van der Waals surface area contributed by atoms with E-state index in [0.717, 1.165) is 31.1 Å². The van der Waals surface area contributed by atoms with E-state index in [4.69, 9.17) is 0 Å². The average molecular weight is 319 g/mol. The van der Waals surface area contributed by atoms with Crippen molar-refractivity contribution in [1.29, 1.82) is 0 Å². The van der Waals surface area contributed by atoms with Gasteiger partial charge >= 0.3 is 0 Å². The molecule has 0 spiro atoms. The second kappa shape index (κ2) is 9.61. The summed E-state index contributed by atoms with van der Waals surface area (Å²) >= 11 is 0. The summed E-state index contributed by atoms with van der Waals surface area (Å²) < 4.78 is 0. The molecule has 0 radical (unpaired) electrons. The van der Waals surface area contributed by atoms with Crippen LogP contribution in [0, 0.1) is 0 Å². The van der Waals surface area contributed by atoms with Crippen LogP contribution in [0.25, 0.3) is 6.08 Å². The molecule has 0 N–H and O–H groups in total. The zero-order valence-corrected chi connectivity index (χ0v) is 14.4. The molecule has 124 valence electrons. The first kappa shape index (κ1) is 17.9. The molecule has 0 atom stereocenters. The van der Waals surface area contributed by atoms with Gasteiger partial charge in [0.25, 0.3) is 0 Å². The minimum Gasteiger partial charge on any atom is -0.298 e. The largest absolute Gasteiger partial charge is 0.298 e. The number of aldehydes is 1. The van der Waals surface area contributed by atoms with E-state index in [2.05, 4.69) is 42.0 Å². The van der Waals surface area contributed by atoms with Gasteiger partial charge in [0.1, 0.15) is 0 Å². The van der Waals surface area contributed by atoms with E-state index < -0.39 is 0 Å². The third-order valence-electron chi connectivity index (χ3n) is 4.21. The zero-order chi connectivity index (χ0) is 17.2. The van der Waals surface area contributed by atoms with Gasteiger partial charge in [0.2, 0.25) is 0 Å². The van der Waals surface area contributed by atoms with Crippen molar-refractivity contribution in [2.24, 2.45) is 4.99 Å². The van der Waals surface area contributed by atoms with Crippen molar-refractivity contribution in [3.8, 4) is 0 Å². The summed E-state index contributed by atoms with van der Waals surface area (Å²) in [6.45, 7) is 5.60. The number of unbranched alkanes of at least 4 members (excludes halogenated alkanes) is 2. The minimum absolute atomic E-state index is 0.603. The third kappa shape index (κ3) is 4.76. The molecular weight excluding hydrogens is 294 g/mol. The van der Waals surface area contributed by atoms with E-state index in [0.29, 0.717) is 11.3 Å². The Labute approximate surface area is 145 Å². The van der Waals surface area contributed by atoms with Crippen molar-refractivity contribution in [1.82, 2.24) is 0 Å². The van der Waals surface area contributed by atoms with Gasteiger partial charge < -0.3 is 0 Å². The molecule has 2 heteroatoms. The van der Waals surface area contributed by atoms with Gasteiger partial charge in [-0.3, -0.25) is 9.79 Å². The van der Waals surface area contributed by atoms with Crippen LogP contribution in [-0.2, 0) is 12.8 Å². The van der Waals surface area contributed by atoms with Crippen LogP contribution in [-0.4, -0.2) is 13.0 Å². The van der Waals surface area contributed by atoms with Gasteiger partial charge in [-0.1, -0.05) is 55.0 Å². The van der Waals surface area contributed by atoms with Crippen molar-refractivity contribution in [3.05, 3.63) is 70.8 Å². The van der Waals surface area contributed by atoms with Crippen molar-refractivity contribution in [2.45, 2.75) is 39.0 Å². The third-order valence-corrected chi connectivity index (χ3v) is 4.21. The fraction of sp³-hybridized carbons (Fsp3) is 0.273. The highest BCUT2D eigenvalue weighted by Crippen LogP contribution is 2.29. The van der Waals surface area contributed by atoms with Crippen molar-refractivity contribution in [2.75, 3.05) is 0 Å². The average Bonchev–Trinajstić information content (AvgIpc) is 2.63. The number of hydrogen-bond donors (Lipinski definition) is 0. The van der Waals surface area contributed by atoms with Crippen molar-refractivity contribution < 1.29 is 4.79 Å². The van der Waals surface area contributed by atoms with Crippen LogP contribution >= 0.6 is 0 Å². The molecule has 0 heterocycles. The summed E-state index contributed by atoms with van der Waals surface area (Å²) in [5.74, 6) is 0. The summed E-state index contributed by atoms with van der Waals surface area (Å²) in [6, 6.07) is 14.5. The maximum atomic E-state index is 11.2. The van der Waals surface area contributed by atoms with Crippen LogP contribution in [0.5, 0.6) is 0 Å². The Morgan fingerprint density at radius 3 is 2.42 bits per heavy atom. The molecule has 2 aromatic rings. The predicted molar refractivity (Wildman–Crippen MR) is 103 cm³/mol. The van der Waals surface area contributed by atoms with Gasteiger partial charge in [-0.05, 0) is 56.5 Å². The molecule has 0 saturated heterocycles. The van der Waals surface area contributed by atoms with E-state index in [1.165, 1.54) is 24.0 Å². The quantitative estimate of drug-likeness (QED) is 0.325. The van der Waals surface area contributed by atoms with E-state index in [1.54, 1.807) is 0 Å². The summed E-state index contributed by atoms with van der Waals surface area (Å²) in [7, 11) is 0. The van der Waals surface area contributed by atoms with Gasteiger partial charge in [0.15, 0.2) is 6.29 Å². The van der Waals surface area contributed by atoms with Crippen LogP contribution in [0.15, 0.2) is 53.5 Å². The second-order valence-corrected chi connectivity index (χ2v) is 5.90. The van der Waals surface area contributed by atoms with E-state index in [1.807, 2.05) is 31.2 Å². The second-order valence-electron chi connectivity index (χ2n) is 5.90. The van der Waals surface area contributed by atoms with E-state index in [-0.39, 0.29) is 0 Å². The molecule has 0 saturated carbocycles. The smallest absolute Gasteiger partial charge is 0.152 e. The number of carbonyl (C=O) groups is 1. The van der Waals surface area contributed by atoms with Gasteiger partial charge in [-0.2, -0.15) is 0 Å². The Morgan fingerprint density at radius 2 is 1.75 bits per heavy atom. The van der Waals surface area contributed by atoms with Crippen LogP contribution < -0.4 is 0 Å². The van der Waals surface area contributed by atoms with Crippen LogP contribution in [0.2, 0.25) is 0 Å². The number of benzene rings is 2. The monoisotopic (exact) mass is 319 g/mol. The number of allylic oxidation sites excluding steroid dienone is 1. The topological polar surface area (TPSA) is 29.4 Å². The molecule has 2 aromatic carbocycles. The highest BCUT2D eigenvalue weighted by atomic mass is 16.1. The number of aryl methyl sites for hydroxylation is 2. The van der Waals surface area contributed by atoms with Crippen molar-refractivity contribution in [3.63, 3.8) is 0 Å². The van der Waals surface area contributed by atoms with Gasteiger partial charge in [-0.25, -0.2) is 0 Å². The molecule has 0 amide bonds. The number of carbonyl (C=O) groups excluding carboxylic acids is 1. The number of nitrogens with zero attached hydrogens (tertiary/aromatic N) is 1. The normalized spacial score (nSPS) is 10.9. The SMILES string of the molecule is C=Nc1c(C=O)ccc(CCCCCc2ccccc2)c1/C=C\C. The lowest BCUT2D eigenvalue weighted by atomic mass is 9.96. The molecule has 0 aliphatic carbocycles. The maximum Gasteiger partial charge on any atom is 0.152 e. The van der Waals surface area contributed by atoms with Gasteiger partial charge in [0, 0.05) is 11.1 Å². The lowest BCUT2D eigenvalue weighted by molar-refractivity contribution is 0.112. The molecular formula is C22H25NO. The predicted octanol–water partition coefficient (Wildman–Crippen LogP) is 5.82. The molecule has 2 nitrogen and oxygen atoms in total. The fourth-order valence-corrected chi connectivity index (χ4v) is 2.97. The molecule has 24 heavy (non-hydrogen) atoms. The standard InChI is InChI=1S/C22H25NO/c1-3-10-21-19(15-16-20(17-24)22(21)23-2)14-9-5-8-13-18-11-6-4-7-12-18/h3-4,6-7,10-12,15-17H,2,5,8-9,13-14H2,1H3/b10-3-. The lowest BCUT2D eigenvalue weighted by Gasteiger charge is -2.11. The van der Waals surface area contributed by atoms with E-state index >= 15 is 0 Å². The Hall–Kier alpha value is -2.48. The summed E-state index contributed by atoms with van der Waals surface area (Å²) in [4.78, 5) is 15.2. The lowest BCUT2D eigenvalue weighted by Crippen LogP contribution is -1.95. The zero-order valence-electron chi connectivity index (χ0n) is 14.4. The molecule has 0 bridgehead atoms. The molecule has 0 aliphatic heterocycles. The summed E-state index contributed by atoms with van der Waals surface area (Å²) in [5, 5.41) is 0. The first-order chi connectivity index (χ1) is 11.8. The number of hydrogen-bond acceptors (Lipinski definition) is 2. The Morgan fingerprint density at radius 1 is 1.00 bits per heavy atom. The molecule has 0 unspecified atom stereocenters. The van der Waals surface area contributed by atoms with Crippen LogP contribution in [0.4, 0.5) is 5.69 Å². The van der Waals surface area contributed by atoms with E-state index in [9.17, 15) is 4.79 Å². The number of aliphatic imine (C=N–C) groups is 1. The Balaban J connectivity index is 1.96. The Bertz CT molecular complexity index is 701. The maximum absolute atomic E-state index is 11.2. The molecule has 0 aliphatic rings. The molecule has 0 aromatic heterocycles. The highest BCUT2D eigenvalue weighted by molar-refractivity contribution is 5.88. The summed E-state index contributed by atoms with van der Waals surface area (Å²) in [5.41, 5.74) is 4.97. The molecule has 0 fully saturated rings. The van der Waals surface area contributed by atoms with Crippen molar-refractivity contribution >= 4 is 24.8 Å². The number of rotatable bonds is 9. The first-order valence-electron chi connectivity index (χ1n) is 8.54. The van der Waals surface area contributed by atoms with Crippen LogP contribution in [0.3, 0.4) is 0 Å². The highest BCUT2D eigenvalue weighted by Gasteiger charge is 2.09. The van der Waals surface area contributed by atoms with Gasteiger partial charge in [-0.15, -0.1) is 0 Å². The fourth-order valence-electron chi connectivity index (χ4n) is 2.97. The minimum atomic E-state index is 0.603. The first-order valence-corrected chi connectivity index (χ1v) is 8.54. The summed E-state index contributed by atoms with van der Waals surface area (Å²) in [6.07, 6.45) is 10.5. The van der Waals surface area contributed by atoms with Crippen LogP contribution in [0.1, 0.15) is 53.2 Å². The molecule has 2 rings (SSSR count). The van der Waals surface area contributed by atoms with Gasteiger partial charge in [0.05, 0.1) is 5.69 Å².